The van der Waals surface area contributed by atoms with Crippen LogP contribution in [-0.2, 0) is 0 Å². The first kappa shape index (κ1) is 19.4. The van der Waals surface area contributed by atoms with Crippen molar-refractivity contribution in [2.45, 2.75) is 46.0 Å². The highest BCUT2D eigenvalue weighted by atomic mass is 16.5. The molecule has 138 valence electrons. The second-order valence-corrected chi connectivity index (χ2v) is 6.73. The molecule has 0 aromatic heterocycles. The first-order valence-electron chi connectivity index (χ1n) is 9.31. The molecular formula is C21H32N2O2. The summed E-state index contributed by atoms with van der Waals surface area (Å²) in [4.78, 5) is 7.04. The van der Waals surface area contributed by atoms with Crippen molar-refractivity contribution in [3.8, 4) is 11.5 Å². The molecule has 2 rings (SSSR count). The second kappa shape index (κ2) is 9.50. The third-order valence-electron chi connectivity index (χ3n) is 5.03. The van der Waals surface area contributed by atoms with Crippen LogP contribution < -0.4 is 9.47 Å². The fraction of sp³-hybridized carbons (Fsp3) is 0.571. The van der Waals surface area contributed by atoms with Crippen molar-refractivity contribution in [1.29, 1.82) is 0 Å². The number of hydrogen-bond donors (Lipinski definition) is 0. The van der Waals surface area contributed by atoms with Crippen LogP contribution >= 0.6 is 0 Å². The largest absolute Gasteiger partial charge is 0.493 e. The predicted molar refractivity (Wildman–Crippen MR) is 105 cm³/mol. The van der Waals surface area contributed by atoms with E-state index >= 15 is 0 Å². The van der Waals surface area contributed by atoms with Gasteiger partial charge >= 0.3 is 0 Å². The Morgan fingerprint density at radius 2 is 1.96 bits per heavy atom. The van der Waals surface area contributed by atoms with Gasteiger partial charge in [0.2, 0.25) is 0 Å². The number of methoxy groups -OCH3 is 2. The summed E-state index contributed by atoms with van der Waals surface area (Å²) in [5.74, 6) is 3.32. The monoisotopic (exact) mass is 344 g/mol. The number of aryl methyl sites for hydroxylation is 1. The molecule has 1 saturated heterocycles. The summed E-state index contributed by atoms with van der Waals surface area (Å²) in [6, 6.07) is 4.05. The number of nitrogens with zero attached hydrogens (tertiary/aromatic N) is 2. The summed E-state index contributed by atoms with van der Waals surface area (Å²) in [7, 11) is 3.33. The Morgan fingerprint density at radius 3 is 2.60 bits per heavy atom. The zero-order chi connectivity index (χ0) is 18.2. The maximum absolute atomic E-state index is 5.50. The molecule has 1 aromatic rings. The molecule has 4 heteroatoms. The van der Waals surface area contributed by atoms with Gasteiger partial charge in [-0.25, -0.2) is 4.99 Å². The Kier molecular flexibility index (Phi) is 7.35. The minimum Gasteiger partial charge on any atom is -0.493 e. The maximum atomic E-state index is 5.50. The zero-order valence-corrected chi connectivity index (χ0v) is 16.2. The number of rotatable bonds is 6. The molecule has 1 aromatic carbocycles. The third kappa shape index (κ3) is 4.77. The Morgan fingerprint density at radius 1 is 1.24 bits per heavy atom. The molecule has 1 fully saturated rings. The summed E-state index contributed by atoms with van der Waals surface area (Å²) < 4.78 is 10.9. The number of aliphatic imine (C=N–C) groups is 1. The lowest BCUT2D eigenvalue weighted by molar-refractivity contribution is 0.354. The van der Waals surface area contributed by atoms with Gasteiger partial charge in [0.25, 0.3) is 0 Å². The molecule has 0 saturated carbocycles. The number of likely N-dealkylation sites (tertiary alicyclic amines) is 1. The van der Waals surface area contributed by atoms with Crippen molar-refractivity contribution >= 4 is 5.84 Å². The highest BCUT2D eigenvalue weighted by Gasteiger charge is 2.22. The van der Waals surface area contributed by atoms with Crippen LogP contribution in [0.25, 0.3) is 0 Å². The van der Waals surface area contributed by atoms with Crippen LogP contribution in [0.3, 0.4) is 0 Å². The molecule has 0 radical (unpaired) electrons. The normalized spacial score (nSPS) is 18.6. The van der Waals surface area contributed by atoms with Gasteiger partial charge in [-0.1, -0.05) is 26.3 Å². The minimum absolute atomic E-state index is 0.735. The average Bonchev–Trinajstić information content (AvgIpc) is 2.85. The lowest BCUT2D eigenvalue weighted by Gasteiger charge is -2.26. The van der Waals surface area contributed by atoms with Gasteiger partial charge in [-0.15, -0.1) is 0 Å². The molecule has 4 nitrogen and oxygen atoms in total. The van der Waals surface area contributed by atoms with Crippen LogP contribution in [0, 0.1) is 12.8 Å². The fourth-order valence-electron chi connectivity index (χ4n) is 3.70. The van der Waals surface area contributed by atoms with Crippen molar-refractivity contribution in [2.75, 3.05) is 27.3 Å². The molecule has 1 aliphatic rings. The molecule has 0 amide bonds. The number of benzene rings is 1. The maximum Gasteiger partial charge on any atom is 0.161 e. The number of hydrogen-bond acceptors (Lipinski definition) is 3. The zero-order valence-electron chi connectivity index (χ0n) is 16.2. The van der Waals surface area contributed by atoms with Gasteiger partial charge in [-0.05, 0) is 49.8 Å². The van der Waals surface area contributed by atoms with E-state index in [1.807, 2.05) is 12.1 Å². The quantitative estimate of drug-likeness (QED) is 0.549. The first-order chi connectivity index (χ1) is 12.1. The van der Waals surface area contributed by atoms with E-state index in [0.29, 0.717) is 0 Å². The third-order valence-corrected chi connectivity index (χ3v) is 5.03. The highest BCUT2D eigenvalue weighted by Crippen LogP contribution is 2.32. The Bertz CT molecular complexity index is 610. The summed E-state index contributed by atoms with van der Waals surface area (Å²) in [6.07, 6.45) is 8.00. The molecule has 1 atom stereocenters. The molecule has 1 unspecified atom stereocenters. The van der Waals surface area contributed by atoms with Gasteiger partial charge in [-0.3, -0.25) is 0 Å². The molecule has 0 spiro atoms. The van der Waals surface area contributed by atoms with Crippen molar-refractivity contribution in [3.05, 3.63) is 36.0 Å². The molecule has 0 N–H and O–H groups in total. The molecule has 0 aliphatic carbocycles. The number of ether oxygens (including phenoxy) is 2. The smallest absolute Gasteiger partial charge is 0.161 e. The van der Waals surface area contributed by atoms with Gasteiger partial charge in [0, 0.05) is 24.9 Å². The standard InChI is InChI=1S/C21H32N2O2/c1-6-9-17-10-8-12-23(13-11-17)21(22-7-2)18-15-20(25-5)19(24-4)14-16(18)3/h7,14-15,17H,2,6,8-13H2,1,3-5H3. The second-order valence-electron chi connectivity index (χ2n) is 6.73. The van der Waals surface area contributed by atoms with Gasteiger partial charge in [0.15, 0.2) is 11.5 Å². The van der Waals surface area contributed by atoms with Gasteiger partial charge in [-0.2, -0.15) is 0 Å². The van der Waals surface area contributed by atoms with E-state index < -0.39 is 0 Å². The molecule has 25 heavy (non-hydrogen) atoms. The van der Waals surface area contributed by atoms with Crippen LogP contribution in [0.1, 0.15) is 50.2 Å². The van der Waals surface area contributed by atoms with Crippen LogP contribution in [0.4, 0.5) is 0 Å². The van der Waals surface area contributed by atoms with Crippen LogP contribution in [0.2, 0.25) is 0 Å². The Labute approximate surface area is 152 Å². The minimum atomic E-state index is 0.735. The Balaban J connectivity index is 2.32. The molecule has 1 aliphatic heterocycles. The lowest BCUT2D eigenvalue weighted by Crippen LogP contribution is -2.33. The Hall–Kier alpha value is -1.97. The summed E-state index contributed by atoms with van der Waals surface area (Å²) in [5, 5.41) is 0. The van der Waals surface area contributed by atoms with Crippen molar-refractivity contribution in [1.82, 2.24) is 4.90 Å². The summed E-state index contributed by atoms with van der Waals surface area (Å²) >= 11 is 0. The van der Waals surface area contributed by atoms with Crippen LogP contribution in [0.5, 0.6) is 11.5 Å². The highest BCUT2D eigenvalue weighted by molar-refractivity contribution is 6.01. The van der Waals surface area contributed by atoms with Crippen LogP contribution in [-0.4, -0.2) is 38.0 Å². The van der Waals surface area contributed by atoms with E-state index in [4.69, 9.17) is 9.47 Å². The molecule has 1 heterocycles. The van der Waals surface area contributed by atoms with Gasteiger partial charge in [0.05, 0.1) is 14.2 Å². The predicted octanol–water partition coefficient (Wildman–Crippen LogP) is 4.80. The van der Waals surface area contributed by atoms with E-state index in [9.17, 15) is 0 Å². The number of amidine groups is 1. The van der Waals surface area contributed by atoms with Crippen molar-refractivity contribution < 1.29 is 9.47 Å². The van der Waals surface area contributed by atoms with Gasteiger partial charge in [0.1, 0.15) is 5.84 Å². The summed E-state index contributed by atoms with van der Waals surface area (Å²) in [6.45, 7) is 10.3. The van der Waals surface area contributed by atoms with E-state index in [0.717, 1.165) is 47.5 Å². The fourth-order valence-corrected chi connectivity index (χ4v) is 3.70. The van der Waals surface area contributed by atoms with Crippen molar-refractivity contribution in [3.63, 3.8) is 0 Å². The van der Waals surface area contributed by atoms with Crippen molar-refractivity contribution in [2.24, 2.45) is 10.9 Å². The lowest BCUT2D eigenvalue weighted by atomic mass is 9.96. The molecular weight excluding hydrogens is 312 g/mol. The van der Waals surface area contributed by atoms with Crippen LogP contribution in [0.15, 0.2) is 29.9 Å². The van der Waals surface area contributed by atoms with E-state index in [1.54, 1.807) is 20.4 Å². The molecule has 0 bridgehead atoms. The SMILES string of the molecule is C=CN=C(c1cc(OC)c(OC)cc1C)N1CCCC(CCC)CC1. The average molecular weight is 344 g/mol. The van der Waals surface area contributed by atoms with Gasteiger partial charge < -0.3 is 14.4 Å². The topological polar surface area (TPSA) is 34.1 Å². The first-order valence-corrected chi connectivity index (χ1v) is 9.31. The van der Waals surface area contributed by atoms with E-state index in [2.05, 4.69) is 30.3 Å². The summed E-state index contributed by atoms with van der Waals surface area (Å²) in [5.41, 5.74) is 2.22. The van der Waals surface area contributed by atoms with E-state index in [1.165, 1.54) is 32.1 Å². The van der Waals surface area contributed by atoms with E-state index in [-0.39, 0.29) is 0 Å².